The summed E-state index contributed by atoms with van der Waals surface area (Å²) in [6.07, 6.45) is 1.88. The van der Waals surface area contributed by atoms with Gasteiger partial charge in [0.2, 0.25) is 0 Å². The molecule has 8 rings (SSSR count). The predicted molar refractivity (Wildman–Crippen MR) is 177 cm³/mol. The summed E-state index contributed by atoms with van der Waals surface area (Å²) in [5.74, 6) is 0. The van der Waals surface area contributed by atoms with Crippen LogP contribution in [0.15, 0.2) is 156 Å². The van der Waals surface area contributed by atoms with E-state index >= 15 is 0 Å². The molecule has 0 aliphatic heterocycles. The summed E-state index contributed by atoms with van der Waals surface area (Å²) in [4.78, 5) is 9.92. The highest BCUT2D eigenvalue weighted by Gasteiger charge is 2.29. The Balaban J connectivity index is 1.20. The van der Waals surface area contributed by atoms with Crippen LogP contribution >= 0.6 is 7.14 Å². The number of aromatic nitrogens is 2. The molecule has 0 fully saturated rings. The fraction of sp³-hybridized carbons (Fsp3) is 0. The number of hydrogen-bond donors (Lipinski definition) is 0. The van der Waals surface area contributed by atoms with E-state index in [0.29, 0.717) is 0 Å². The zero-order valence-corrected chi connectivity index (χ0v) is 24.0. The summed E-state index contributed by atoms with van der Waals surface area (Å²) in [5.41, 5.74) is 6.07. The fourth-order valence-electron chi connectivity index (χ4n) is 5.89. The Morgan fingerprint density at radius 2 is 1.12 bits per heavy atom. The van der Waals surface area contributed by atoms with Crippen LogP contribution < -0.4 is 15.9 Å². The van der Waals surface area contributed by atoms with E-state index in [1.807, 2.05) is 140 Å². The number of furan rings is 1. The van der Waals surface area contributed by atoms with Gasteiger partial charge in [-0.2, -0.15) is 0 Å². The van der Waals surface area contributed by atoms with Crippen molar-refractivity contribution in [3.63, 3.8) is 0 Å². The molecule has 8 aromatic rings. The third-order valence-corrected chi connectivity index (χ3v) is 11.1. The van der Waals surface area contributed by atoms with Crippen molar-refractivity contribution in [3.05, 3.63) is 152 Å². The lowest BCUT2D eigenvalue weighted by Crippen LogP contribution is -2.24. The van der Waals surface area contributed by atoms with Gasteiger partial charge in [-0.05, 0) is 29.8 Å². The van der Waals surface area contributed by atoms with Crippen LogP contribution in [0, 0.1) is 0 Å². The molecule has 3 heterocycles. The maximum Gasteiger partial charge on any atom is 0.171 e. The molecule has 43 heavy (non-hydrogen) atoms. The molecule has 5 heteroatoms. The van der Waals surface area contributed by atoms with Gasteiger partial charge in [0.05, 0.1) is 16.6 Å². The third-order valence-electron chi connectivity index (χ3n) is 8.02. The summed E-state index contributed by atoms with van der Waals surface area (Å²) in [6.45, 7) is 0. The molecule has 204 valence electrons. The molecule has 0 saturated carbocycles. The topological polar surface area (TPSA) is 56.0 Å². The molecule has 0 radical (unpaired) electrons. The van der Waals surface area contributed by atoms with Crippen molar-refractivity contribution in [2.24, 2.45) is 0 Å². The third kappa shape index (κ3) is 4.19. The van der Waals surface area contributed by atoms with Crippen molar-refractivity contribution in [2.45, 2.75) is 0 Å². The van der Waals surface area contributed by atoms with E-state index in [2.05, 4.69) is 12.1 Å². The van der Waals surface area contributed by atoms with Gasteiger partial charge in [0.1, 0.15) is 16.9 Å². The number of fused-ring (bicyclic) bond motifs is 5. The highest BCUT2D eigenvalue weighted by atomic mass is 31.2. The summed E-state index contributed by atoms with van der Waals surface area (Å²) in [5, 5.41) is 5.41. The normalized spacial score (nSPS) is 11.8. The van der Waals surface area contributed by atoms with Gasteiger partial charge in [-0.1, -0.05) is 121 Å². The van der Waals surface area contributed by atoms with E-state index < -0.39 is 7.14 Å². The van der Waals surface area contributed by atoms with Crippen molar-refractivity contribution in [3.8, 4) is 22.5 Å². The molecule has 0 unspecified atom stereocenters. The zero-order chi connectivity index (χ0) is 28.8. The highest BCUT2D eigenvalue weighted by molar-refractivity contribution is 7.85. The SMILES string of the molecule is O=P(c1ccccc1)(c1ccccc1)c1ccc(-c2ccc(-c3nc4ccccc4c4oc5ccccc5c34)nc2)cc1. The van der Waals surface area contributed by atoms with Gasteiger partial charge in [-0.25, -0.2) is 4.98 Å². The van der Waals surface area contributed by atoms with Crippen LogP contribution in [0.25, 0.3) is 55.4 Å². The molecular weight excluding hydrogens is 547 g/mol. The monoisotopic (exact) mass is 572 g/mol. The van der Waals surface area contributed by atoms with Crippen molar-refractivity contribution in [1.82, 2.24) is 9.97 Å². The number of para-hydroxylation sites is 2. The quantitative estimate of drug-likeness (QED) is 0.194. The van der Waals surface area contributed by atoms with E-state index in [-0.39, 0.29) is 0 Å². The average Bonchev–Trinajstić information content (AvgIpc) is 3.49. The first-order valence-electron chi connectivity index (χ1n) is 14.2. The predicted octanol–water partition coefficient (Wildman–Crippen LogP) is 8.50. The van der Waals surface area contributed by atoms with Crippen LogP contribution in [0.3, 0.4) is 0 Å². The first-order valence-corrected chi connectivity index (χ1v) is 15.9. The lowest BCUT2D eigenvalue weighted by molar-refractivity contribution is 0.592. The van der Waals surface area contributed by atoms with Crippen LogP contribution in [0.1, 0.15) is 0 Å². The lowest BCUT2D eigenvalue weighted by atomic mass is 10.0. The largest absolute Gasteiger partial charge is 0.455 e. The number of rotatable bonds is 5. The number of benzene rings is 5. The fourth-order valence-corrected chi connectivity index (χ4v) is 8.53. The van der Waals surface area contributed by atoms with E-state index in [4.69, 9.17) is 14.4 Å². The van der Waals surface area contributed by atoms with Gasteiger partial charge in [-0.15, -0.1) is 0 Å². The first-order chi connectivity index (χ1) is 21.2. The molecule has 3 aromatic heterocycles. The minimum Gasteiger partial charge on any atom is -0.455 e. The van der Waals surface area contributed by atoms with Gasteiger partial charge in [0.15, 0.2) is 7.14 Å². The minimum atomic E-state index is -3.03. The Kier molecular flexibility index (Phi) is 6.03. The average molecular weight is 573 g/mol. The Morgan fingerprint density at radius 1 is 0.535 bits per heavy atom. The van der Waals surface area contributed by atoms with Crippen LogP contribution in [-0.2, 0) is 4.57 Å². The molecule has 0 bridgehead atoms. The highest BCUT2D eigenvalue weighted by Crippen LogP contribution is 2.43. The summed E-state index contributed by atoms with van der Waals surface area (Å²) >= 11 is 0. The maximum absolute atomic E-state index is 14.7. The van der Waals surface area contributed by atoms with E-state index in [1.54, 1.807) is 0 Å². The molecule has 0 spiro atoms. The van der Waals surface area contributed by atoms with Crippen molar-refractivity contribution < 1.29 is 8.98 Å². The van der Waals surface area contributed by atoms with E-state index in [0.717, 1.165) is 71.3 Å². The second-order valence-electron chi connectivity index (χ2n) is 10.5. The van der Waals surface area contributed by atoms with Gasteiger partial charge in [0, 0.05) is 38.4 Å². The van der Waals surface area contributed by atoms with Gasteiger partial charge in [0.25, 0.3) is 0 Å². The smallest absolute Gasteiger partial charge is 0.171 e. The molecular formula is C38H25N2O2P. The van der Waals surface area contributed by atoms with Crippen LogP contribution in [-0.4, -0.2) is 9.97 Å². The molecule has 0 N–H and O–H groups in total. The van der Waals surface area contributed by atoms with Gasteiger partial charge >= 0.3 is 0 Å². The molecule has 4 nitrogen and oxygen atoms in total. The molecule has 0 atom stereocenters. The molecule has 5 aromatic carbocycles. The Bertz CT molecular complexity index is 2250. The van der Waals surface area contributed by atoms with Crippen molar-refractivity contribution in [2.75, 3.05) is 0 Å². The zero-order valence-electron chi connectivity index (χ0n) is 23.1. The Labute approximate surface area is 248 Å². The van der Waals surface area contributed by atoms with Crippen molar-refractivity contribution >= 4 is 55.9 Å². The molecule has 0 aliphatic carbocycles. The van der Waals surface area contributed by atoms with Gasteiger partial charge < -0.3 is 8.98 Å². The summed E-state index contributed by atoms with van der Waals surface area (Å²) in [6, 6.07) is 47.7. The first kappa shape index (κ1) is 25.4. The molecule has 0 aliphatic rings. The number of nitrogens with zero attached hydrogens (tertiary/aromatic N) is 2. The van der Waals surface area contributed by atoms with Crippen LogP contribution in [0.4, 0.5) is 0 Å². The maximum atomic E-state index is 14.7. The molecule has 0 amide bonds. The second-order valence-corrected chi connectivity index (χ2v) is 13.3. The van der Waals surface area contributed by atoms with E-state index in [1.165, 1.54) is 0 Å². The van der Waals surface area contributed by atoms with Gasteiger partial charge in [-0.3, -0.25) is 4.98 Å². The minimum absolute atomic E-state index is 0.778. The summed E-state index contributed by atoms with van der Waals surface area (Å²) < 4.78 is 21.0. The van der Waals surface area contributed by atoms with Crippen molar-refractivity contribution in [1.29, 1.82) is 0 Å². The second kappa shape index (κ2) is 10.2. The molecule has 0 saturated heterocycles. The van der Waals surface area contributed by atoms with E-state index in [9.17, 15) is 4.57 Å². The standard InChI is InChI=1S/C38H25N2O2P/c41-43(28-11-3-1-4-12-28,29-13-5-2-6-14-29)30-22-19-26(20-23-30)27-21-24-34(39-25-27)37-36-32-16-8-10-18-35(32)42-38(36)31-15-7-9-17-33(31)40-37/h1-25H. The Morgan fingerprint density at radius 3 is 1.79 bits per heavy atom. The summed E-state index contributed by atoms with van der Waals surface area (Å²) in [7, 11) is -3.03. The number of pyridine rings is 2. The number of hydrogen-bond acceptors (Lipinski definition) is 4. The lowest BCUT2D eigenvalue weighted by Gasteiger charge is -2.20. The van der Waals surface area contributed by atoms with Crippen LogP contribution in [0.2, 0.25) is 0 Å². The van der Waals surface area contributed by atoms with Crippen LogP contribution in [0.5, 0.6) is 0 Å². The Hall–Kier alpha value is -5.31.